The van der Waals surface area contributed by atoms with E-state index in [0.29, 0.717) is 36.8 Å². The Morgan fingerprint density at radius 3 is 2.39 bits per heavy atom. The molecule has 0 fully saturated rings. The zero-order valence-corrected chi connectivity index (χ0v) is 20.1. The van der Waals surface area contributed by atoms with Gasteiger partial charge in [0.05, 0.1) is 16.3 Å². The average molecular weight is 472 g/mol. The SMILES string of the molecule is CCN(CC)S(=O)(=O)c1ccc(Oc2ccccc2)c(NC(=O)CCc2c(C)noc2C)c1. The molecule has 1 N–H and O–H groups in total. The predicted octanol–water partition coefficient (Wildman–Crippen LogP) is 4.69. The van der Waals surface area contributed by atoms with Crippen LogP contribution in [0.1, 0.15) is 37.3 Å². The van der Waals surface area contributed by atoms with Crippen LogP contribution in [0.25, 0.3) is 0 Å². The lowest BCUT2D eigenvalue weighted by Gasteiger charge is -2.20. The molecule has 1 heterocycles. The molecule has 0 saturated heterocycles. The molecule has 0 aliphatic rings. The van der Waals surface area contributed by atoms with Crippen LogP contribution in [0, 0.1) is 13.8 Å². The van der Waals surface area contributed by atoms with E-state index in [1.807, 2.05) is 25.1 Å². The van der Waals surface area contributed by atoms with Crippen LogP contribution < -0.4 is 10.1 Å². The minimum Gasteiger partial charge on any atom is -0.455 e. The molecule has 0 aliphatic heterocycles. The third-order valence-electron chi connectivity index (χ3n) is 5.32. The number of carbonyl (C=O) groups is 1. The van der Waals surface area contributed by atoms with Crippen molar-refractivity contribution in [3.8, 4) is 11.5 Å². The van der Waals surface area contributed by atoms with Gasteiger partial charge >= 0.3 is 0 Å². The molecule has 3 rings (SSSR count). The summed E-state index contributed by atoms with van der Waals surface area (Å²) in [6.07, 6.45) is 0.639. The molecule has 1 aromatic heterocycles. The van der Waals surface area contributed by atoms with Gasteiger partial charge in [0, 0.05) is 25.1 Å². The monoisotopic (exact) mass is 471 g/mol. The molecule has 8 nitrogen and oxygen atoms in total. The summed E-state index contributed by atoms with van der Waals surface area (Å²) in [6, 6.07) is 13.6. The van der Waals surface area contributed by atoms with Crippen molar-refractivity contribution in [2.45, 2.75) is 45.4 Å². The van der Waals surface area contributed by atoms with Gasteiger partial charge in [-0.05, 0) is 50.6 Å². The first-order valence-corrected chi connectivity index (χ1v) is 12.3. The Bertz CT molecular complexity index is 1180. The Morgan fingerprint density at radius 1 is 1.09 bits per heavy atom. The van der Waals surface area contributed by atoms with Crippen molar-refractivity contribution in [3.05, 3.63) is 65.5 Å². The quantitative estimate of drug-likeness (QED) is 0.460. The Kier molecular flexibility index (Phi) is 7.88. The van der Waals surface area contributed by atoms with Gasteiger partial charge in [-0.3, -0.25) is 4.79 Å². The van der Waals surface area contributed by atoms with Crippen LogP contribution in [0.4, 0.5) is 5.69 Å². The largest absolute Gasteiger partial charge is 0.455 e. The number of hydrogen-bond donors (Lipinski definition) is 1. The summed E-state index contributed by atoms with van der Waals surface area (Å²) < 4.78 is 38.5. The summed E-state index contributed by atoms with van der Waals surface area (Å²) in [7, 11) is -3.70. The van der Waals surface area contributed by atoms with Gasteiger partial charge in [0.25, 0.3) is 0 Å². The van der Waals surface area contributed by atoms with Crippen molar-refractivity contribution in [1.29, 1.82) is 0 Å². The first kappa shape index (κ1) is 24.5. The van der Waals surface area contributed by atoms with Crippen molar-refractivity contribution < 1.29 is 22.5 Å². The molecule has 1 amide bonds. The van der Waals surface area contributed by atoms with Gasteiger partial charge in [0.1, 0.15) is 11.5 Å². The van der Waals surface area contributed by atoms with E-state index in [2.05, 4.69) is 10.5 Å². The summed E-state index contributed by atoms with van der Waals surface area (Å²) >= 11 is 0. The van der Waals surface area contributed by atoms with E-state index in [9.17, 15) is 13.2 Å². The summed E-state index contributed by atoms with van der Waals surface area (Å²) in [5.74, 6) is 1.33. The van der Waals surface area contributed by atoms with Crippen molar-refractivity contribution in [1.82, 2.24) is 9.46 Å². The van der Waals surface area contributed by atoms with Gasteiger partial charge < -0.3 is 14.6 Å². The fourth-order valence-electron chi connectivity index (χ4n) is 3.49. The van der Waals surface area contributed by atoms with Crippen molar-refractivity contribution in [3.63, 3.8) is 0 Å². The van der Waals surface area contributed by atoms with Crippen LogP contribution in [0.3, 0.4) is 0 Å². The summed E-state index contributed by atoms with van der Waals surface area (Å²) in [4.78, 5) is 12.9. The first-order chi connectivity index (χ1) is 15.8. The summed E-state index contributed by atoms with van der Waals surface area (Å²) in [5, 5.41) is 6.73. The van der Waals surface area contributed by atoms with Crippen LogP contribution >= 0.6 is 0 Å². The standard InChI is InChI=1S/C24H29N3O5S/c1-5-27(6-2)33(29,30)20-12-14-23(31-19-10-8-7-9-11-19)22(16-20)25-24(28)15-13-21-17(3)26-32-18(21)4/h7-12,14,16H,5-6,13,15H2,1-4H3,(H,25,28). The van der Waals surface area contributed by atoms with E-state index >= 15 is 0 Å². The highest BCUT2D eigenvalue weighted by Crippen LogP contribution is 2.33. The maximum Gasteiger partial charge on any atom is 0.243 e. The smallest absolute Gasteiger partial charge is 0.243 e. The first-order valence-electron chi connectivity index (χ1n) is 10.8. The maximum atomic E-state index is 13.0. The number of amides is 1. The lowest BCUT2D eigenvalue weighted by Crippen LogP contribution is -2.30. The summed E-state index contributed by atoms with van der Waals surface area (Å²) in [5.41, 5.74) is 1.93. The second-order valence-corrected chi connectivity index (χ2v) is 9.45. The second kappa shape index (κ2) is 10.6. The van der Waals surface area contributed by atoms with Gasteiger partial charge in [0.2, 0.25) is 15.9 Å². The lowest BCUT2D eigenvalue weighted by atomic mass is 10.1. The molecule has 33 heavy (non-hydrogen) atoms. The molecule has 0 atom stereocenters. The third-order valence-corrected chi connectivity index (χ3v) is 7.37. The van der Waals surface area contributed by atoms with Gasteiger partial charge in [-0.2, -0.15) is 4.31 Å². The zero-order valence-electron chi connectivity index (χ0n) is 19.3. The number of nitrogens with one attached hydrogen (secondary N) is 1. The molecule has 3 aromatic rings. The number of sulfonamides is 1. The number of rotatable bonds is 10. The van der Waals surface area contributed by atoms with Crippen LogP contribution in [-0.2, 0) is 21.2 Å². The highest BCUT2D eigenvalue weighted by Gasteiger charge is 2.23. The Labute approximate surface area is 194 Å². The van der Waals surface area contributed by atoms with Crippen molar-refractivity contribution in [2.75, 3.05) is 18.4 Å². The Balaban J connectivity index is 1.88. The number of anilines is 1. The molecule has 0 unspecified atom stereocenters. The zero-order chi connectivity index (χ0) is 24.0. The molecule has 0 bridgehead atoms. The van der Waals surface area contributed by atoms with E-state index in [1.54, 1.807) is 39.0 Å². The molecular weight excluding hydrogens is 442 g/mol. The van der Waals surface area contributed by atoms with E-state index in [1.165, 1.54) is 16.4 Å². The number of aryl methyl sites for hydroxylation is 2. The number of nitrogens with zero attached hydrogens (tertiary/aromatic N) is 2. The fraction of sp³-hybridized carbons (Fsp3) is 0.333. The molecule has 2 aromatic carbocycles. The minimum atomic E-state index is -3.70. The van der Waals surface area contributed by atoms with E-state index in [4.69, 9.17) is 9.26 Å². The highest BCUT2D eigenvalue weighted by molar-refractivity contribution is 7.89. The van der Waals surface area contributed by atoms with Crippen LogP contribution in [-0.4, -0.2) is 36.9 Å². The van der Waals surface area contributed by atoms with Gasteiger partial charge in [-0.1, -0.05) is 37.2 Å². The number of hydrogen-bond acceptors (Lipinski definition) is 6. The number of aromatic nitrogens is 1. The lowest BCUT2D eigenvalue weighted by molar-refractivity contribution is -0.116. The summed E-state index contributed by atoms with van der Waals surface area (Å²) in [6.45, 7) is 7.90. The van der Waals surface area contributed by atoms with Crippen LogP contribution in [0.15, 0.2) is 57.9 Å². The fourth-order valence-corrected chi connectivity index (χ4v) is 4.98. The number of carbonyl (C=O) groups excluding carboxylic acids is 1. The van der Waals surface area contributed by atoms with Gasteiger partial charge in [0.15, 0.2) is 5.75 Å². The van der Waals surface area contributed by atoms with Crippen LogP contribution in [0.2, 0.25) is 0 Å². The molecular formula is C24H29N3O5S. The number of benzene rings is 2. The normalized spacial score (nSPS) is 11.5. The second-order valence-electron chi connectivity index (χ2n) is 7.51. The number of ether oxygens (including phenoxy) is 1. The molecule has 176 valence electrons. The molecule has 0 spiro atoms. The molecule has 0 radical (unpaired) electrons. The van der Waals surface area contributed by atoms with E-state index < -0.39 is 10.0 Å². The van der Waals surface area contributed by atoms with Gasteiger partial charge in [-0.25, -0.2) is 8.42 Å². The maximum absolute atomic E-state index is 13.0. The van der Waals surface area contributed by atoms with Gasteiger partial charge in [-0.15, -0.1) is 0 Å². The van der Waals surface area contributed by atoms with E-state index in [-0.39, 0.29) is 22.9 Å². The Hall–Kier alpha value is -3.17. The average Bonchev–Trinajstić information content (AvgIpc) is 3.12. The topological polar surface area (TPSA) is 102 Å². The Morgan fingerprint density at radius 2 is 1.79 bits per heavy atom. The number of para-hydroxylation sites is 1. The van der Waals surface area contributed by atoms with E-state index in [0.717, 1.165) is 11.3 Å². The van der Waals surface area contributed by atoms with Crippen molar-refractivity contribution >= 4 is 21.6 Å². The predicted molar refractivity (Wildman–Crippen MR) is 126 cm³/mol. The van der Waals surface area contributed by atoms with Crippen molar-refractivity contribution in [2.24, 2.45) is 0 Å². The highest BCUT2D eigenvalue weighted by atomic mass is 32.2. The molecule has 0 aliphatic carbocycles. The van der Waals surface area contributed by atoms with Crippen LogP contribution in [0.5, 0.6) is 11.5 Å². The molecule has 9 heteroatoms. The minimum absolute atomic E-state index is 0.0904. The third kappa shape index (κ3) is 5.80. The molecule has 0 saturated carbocycles.